The molecule has 6 heteroatoms. The molecule has 2 rings (SSSR count). The Bertz CT molecular complexity index is 787. The Hall–Kier alpha value is -1.43. The van der Waals surface area contributed by atoms with Crippen molar-refractivity contribution in [2.24, 2.45) is 0 Å². The standard InChI is InChI=1S/C18H18BrClN2OS/c1-18(2,3)12-9-8-11(10-13(12)19)16(23)22-17(24)21-15-7-5-4-6-14(15)20/h4-10H,1-3H3,(H2,21,22,23,24). The van der Waals surface area contributed by atoms with Gasteiger partial charge in [0, 0.05) is 10.0 Å². The Balaban J connectivity index is 2.08. The maximum absolute atomic E-state index is 12.4. The number of carbonyl (C=O) groups is 1. The maximum atomic E-state index is 12.4. The summed E-state index contributed by atoms with van der Waals surface area (Å²) in [6.07, 6.45) is 0. The zero-order valence-corrected chi connectivity index (χ0v) is 16.8. The van der Waals surface area contributed by atoms with Crippen LogP contribution in [-0.2, 0) is 5.41 Å². The molecule has 2 aromatic carbocycles. The van der Waals surface area contributed by atoms with Crippen molar-refractivity contribution in [2.45, 2.75) is 26.2 Å². The molecule has 0 aromatic heterocycles. The summed E-state index contributed by atoms with van der Waals surface area (Å²) in [6, 6.07) is 12.7. The smallest absolute Gasteiger partial charge is 0.257 e. The van der Waals surface area contributed by atoms with Crippen molar-refractivity contribution >= 4 is 56.5 Å². The number of hydrogen-bond donors (Lipinski definition) is 2. The summed E-state index contributed by atoms with van der Waals surface area (Å²) in [5.74, 6) is -0.277. The largest absolute Gasteiger partial charge is 0.331 e. The van der Waals surface area contributed by atoms with Crippen LogP contribution in [0.2, 0.25) is 5.02 Å². The summed E-state index contributed by atoms with van der Waals surface area (Å²) in [4.78, 5) is 12.4. The molecule has 126 valence electrons. The molecule has 24 heavy (non-hydrogen) atoms. The van der Waals surface area contributed by atoms with Gasteiger partial charge in [0.15, 0.2) is 5.11 Å². The van der Waals surface area contributed by atoms with Gasteiger partial charge in [-0.25, -0.2) is 0 Å². The van der Waals surface area contributed by atoms with Crippen LogP contribution < -0.4 is 10.6 Å². The van der Waals surface area contributed by atoms with Crippen LogP contribution >= 0.6 is 39.7 Å². The van der Waals surface area contributed by atoms with E-state index in [1.54, 1.807) is 24.3 Å². The molecule has 3 nitrogen and oxygen atoms in total. The predicted molar refractivity (Wildman–Crippen MR) is 108 cm³/mol. The Labute approximate surface area is 160 Å². The monoisotopic (exact) mass is 424 g/mol. The zero-order chi connectivity index (χ0) is 17.9. The van der Waals surface area contributed by atoms with Gasteiger partial charge in [-0.1, -0.05) is 66.5 Å². The topological polar surface area (TPSA) is 41.1 Å². The van der Waals surface area contributed by atoms with Crippen molar-refractivity contribution in [3.63, 3.8) is 0 Å². The minimum atomic E-state index is -0.277. The van der Waals surface area contributed by atoms with Gasteiger partial charge in [0.1, 0.15) is 0 Å². The highest BCUT2D eigenvalue weighted by atomic mass is 79.9. The number of halogens is 2. The minimum absolute atomic E-state index is 0.00520. The number of para-hydroxylation sites is 1. The lowest BCUT2D eigenvalue weighted by Crippen LogP contribution is -2.34. The molecule has 0 heterocycles. The molecule has 0 radical (unpaired) electrons. The number of benzene rings is 2. The third-order valence-corrected chi connectivity index (χ3v) is 4.58. The highest BCUT2D eigenvalue weighted by Crippen LogP contribution is 2.30. The summed E-state index contributed by atoms with van der Waals surface area (Å²) in [5.41, 5.74) is 2.30. The first-order chi connectivity index (χ1) is 11.2. The third-order valence-electron chi connectivity index (χ3n) is 3.39. The van der Waals surface area contributed by atoms with E-state index in [-0.39, 0.29) is 16.4 Å². The fourth-order valence-electron chi connectivity index (χ4n) is 2.16. The van der Waals surface area contributed by atoms with Crippen molar-refractivity contribution in [2.75, 3.05) is 5.32 Å². The van der Waals surface area contributed by atoms with Crippen molar-refractivity contribution < 1.29 is 4.79 Å². The van der Waals surface area contributed by atoms with Crippen molar-refractivity contribution in [1.82, 2.24) is 5.32 Å². The number of anilines is 1. The van der Waals surface area contributed by atoms with E-state index in [4.69, 9.17) is 23.8 Å². The van der Waals surface area contributed by atoms with Gasteiger partial charge >= 0.3 is 0 Å². The minimum Gasteiger partial charge on any atom is -0.331 e. The van der Waals surface area contributed by atoms with E-state index in [1.165, 1.54) is 0 Å². The van der Waals surface area contributed by atoms with E-state index < -0.39 is 0 Å². The Kier molecular flexibility index (Phi) is 6.01. The summed E-state index contributed by atoms with van der Waals surface area (Å²) in [7, 11) is 0. The van der Waals surface area contributed by atoms with Gasteiger partial charge in [-0.2, -0.15) is 0 Å². The van der Waals surface area contributed by atoms with E-state index in [9.17, 15) is 4.79 Å². The van der Waals surface area contributed by atoms with Crippen LogP contribution in [0.5, 0.6) is 0 Å². The maximum Gasteiger partial charge on any atom is 0.257 e. The fraction of sp³-hybridized carbons (Fsp3) is 0.222. The van der Waals surface area contributed by atoms with Crippen LogP contribution in [0.3, 0.4) is 0 Å². The van der Waals surface area contributed by atoms with Crippen molar-refractivity contribution in [1.29, 1.82) is 0 Å². The first-order valence-corrected chi connectivity index (χ1v) is 8.93. The number of carbonyl (C=O) groups excluding carboxylic acids is 1. The Morgan fingerprint density at radius 3 is 2.42 bits per heavy atom. The molecule has 1 amide bonds. The Morgan fingerprint density at radius 2 is 1.83 bits per heavy atom. The third kappa shape index (κ3) is 4.79. The second-order valence-electron chi connectivity index (χ2n) is 6.33. The first kappa shape index (κ1) is 18.9. The van der Waals surface area contributed by atoms with Gasteiger partial charge in [0.05, 0.1) is 10.7 Å². The zero-order valence-electron chi connectivity index (χ0n) is 13.6. The highest BCUT2D eigenvalue weighted by Gasteiger charge is 2.18. The summed E-state index contributed by atoms with van der Waals surface area (Å²) in [5, 5.41) is 6.31. The van der Waals surface area contributed by atoms with Gasteiger partial charge in [0.25, 0.3) is 5.91 Å². The molecule has 0 aliphatic carbocycles. The van der Waals surface area contributed by atoms with Crippen molar-refractivity contribution in [3.8, 4) is 0 Å². The summed E-state index contributed by atoms with van der Waals surface area (Å²) < 4.78 is 0.896. The molecule has 0 aliphatic rings. The lowest BCUT2D eigenvalue weighted by molar-refractivity contribution is 0.0977. The Morgan fingerprint density at radius 1 is 1.17 bits per heavy atom. The van der Waals surface area contributed by atoms with Crippen LogP contribution in [0.4, 0.5) is 5.69 Å². The molecule has 0 atom stereocenters. The van der Waals surface area contributed by atoms with Crippen LogP contribution in [-0.4, -0.2) is 11.0 Å². The summed E-state index contributed by atoms with van der Waals surface area (Å²) >= 11 is 14.8. The highest BCUT2D eigenvalue weighted by molar-refractivity contribution is 9.10. The fourth-order valence-corrected chi connectivity index (χ4v) is 3.52. The van der Waals surface area contributed by atoms with Crippen molar-refractivity contribution in [3.05, 3.63) is 63.1 Å². The lowest BCUT2D eigenvalue weighted by Gasteiger charge is -2.21. The van der Waals surface area contributed by atoms with E-state index in [2.05, 4.69) is 47.3 Å². The SMILES string of the molecule is CC(C)(C)c1ccc(C(=O)NC(=S)Nc2ccccc2Cl)cc1Br. The van der Waals surface area contributed by atoms with E-state index >= 15 is 0 Å². The van der Waals surface area contributed by atoms with Crippen LogP contribution in [0.1, 0.15) is 36.7 Å². The molecule has 0 spiro atoms. The molecule has 0 unspecified atom stereocenters. The molecule has 2 aromatic rings. The molecule has 0 bridgehead atoms. The van der Waals surface area contributed by atoms with Gasteiger partial charge in [-0.3, -0.25) is 10.1 Å². The second-order valence-corrected chi connectivity index (χ2v) is 8.00. The molecular weight excluding hydrogens is 408 g/mol. The molecule has 0 aliphatic heterocycles. The number of hydrogen-bond acceptors (Lipinski definition) is 2. The van der Waals surface area contributed by atoms with Gasteiger partial charge in [-0.05, 0) is 47.5 Å². The number of amides is 1. The van der Waals surface area contributed by atoms with E-state index in [0.717, 1.165) is 10.0 Å². The normalized spacial score (nSPS) is 11.0. The van der Waals surface area contributed by atoms with Gasteiger partial charge < -0.3 is 5.32 Å². The molecule has 0 saturated heterocycles. The average molecular weight is 426 g/mol. The second kappa shape index (κ2) is 7.64. The van der Waals surface area contributed by atoms with E-state index in [0.29, 0.717) is 16.3 Å². The van der Waals surface area contributed by atoms with Crippen LogP contribution in [0.15, 0.2) is 46.9 Å². The molecule has 0 saturated carbocycles. The first-order valence-electron chi connectivity index (χ1n) is 7.35. The summed E-state index contributed by atoms with van der Waals surface area (Å²) in [6.45, 7) is 6.36. The lowest BCUT2D eigenvalue weighted by atomic mass is 9.86. The van der Waals surface area contributed by atoms with Crippen LogP contribution in [0.25, 0.3) is 0 Å². The number of nitrogens with one attached hydrogen (secondary N) is 2. The molecule has 0 fully saturated rings. The quantitative estimate of drug-likeness (QED) is 0.622. The molecular formula is C18H18BrClN2OS. The number of rotatable bonds is 2. The van der Waals surface area contributed by atoms with Gasteiger partial charge in [0.2, 0.25) is 0 Å². The van der Waals surface area contributed by atoms with Crippen LogP contribution in [0, 0.1) is 0 Å². The average Bonchev–Trinajstić information content (AvgIpc) is 2.48. The van der Waals surface area contributed by atoms with Gasteiger partial charge in [-0.15, -0.1) is 0 Å². The number of thiocarbonyl (C=S) groups is 1. The predicted octanol–water partition coefficient (Wildman–Crippen LogP) is 5.53. The molecule has 2 N–H and O–H groups in total. The van der Waals surface area contributed by atoms with E-state index in [1.807, 2.05) is 18.2 Å².